The highest BCUT2D eigenvalue weighted by Crippen LogP contribution is 2.30. The van der Waals surface area contributed by atoms with Crippen LogP contribution in [0.1, 0.15) is 19.8 Å². The van der Waals surface area contributed by atoms with Gasteiger partial charge in [0.2, 0.25) is 0 Å². The molecule has 0 aliphatic rings. The molecule has 1 aromatic rings. The number of hydrogen-bond acceptors (Lipinski definition) is 3. The Morgan fingerprint density at radius 3 is 2.59 bits per heavy atom. The van der Waals surface area contributed by atoms with Gasteiger partial charge in [0.15, 0.2) is 11.5 Å². The van der Waals surface area contributed by atoms with Crippen molar-refractivity contribution in [2.24, 2.45) is 0 Å². The normalized spacial score (nSPS) is 11.3. The molecule has 0 aliphatic carbocycles. The predicted octanol–water partition coefficient (Wildman–Crippen LogP) is 3.09. The maximum absolute atomic E-state index is 13.0. The molecule has 0 amide bonds. The Morgan fingerprint density at radius 1 is 1.29 bits per heavy atom. The van der Waals surface area contributed by atoms with Gasteiger partial charge in [0, 0.05) is 24.6 Å². The molecule has 0 aliphatic heterocycles. The molecule has 2 N–H and O–H groups in total. The van der Waals surface area contributed by atoms with E-state index in [1.165, 1.54) is 14.0 Å². The zero-order chi connectivity index (χ0) is 12.9. The maximum Gasteiger partial charge on any atom is 0.251 e. The summed E-state index contributed by atoms with van der Waals surface area (Å²) in [6, 6.07) is 4.86. The fourth-order valence-electron chi connectivity index (χ4n) is 1.29. The van der Waals surface area contributed by atoms with Crippen LogP contribution in [0.3, 0.4) is 0 Å². The van der Waals surface area contributed by atoms with Crippen LogP contribution in [-0.2, 0) is 0 Å². The number of anilines is 1. The number of ether oxygens (including phenoxy) is 2. The van der Waals surface area contributed by atoms with Crippen LogP contribution in [0.5, 0.6) is 11.5 Å². The Morgan fingerprint density at radius 2 is 2.00 bits per heavy atom. The van der Waals surface area contributed by atoms with Gasteiger partial charge in [-0.15, -0.1) is 0 Å². The van der Waals surface area contributed by atoms with Crippen molar-refractivity contribution in [2.75, 3.05) is 19.5 Å². The van der Waals surface area contributed by atoms with Crippen molar-refractivity contribution in [3.63, 3.8) is 0 Å². The van der Waals surface area contributed by atoms with Gasteiger partial charge < -0.3 is 15.2 Å². The van der Waals surface area contributed by atoms with Gasteiger partial charge in [0.25, 0.3) is 5.92 Å². The molecular weight excluding hydrogens is 228 g/mol. The summed E-state index contributed by atoms with van der Waals surface area (Å²) in [6.07, 6.45) is -0.508. The summed E-state index contributed by atoms with van der Waals surface area (Å²) in [5, 5.41) is 0. The molecule has 0 radical (unpaired) electrons. The van der Waals surface area contributed by atoms with Gasteiger partial charge in [0.05, 0.1) is 13.7 Å². The molecule has 1 aromatic carbocycles. The van der Waals surface area contributed by atoms with Gasteiger partial charge >= 0.3 is 0 Å². The van der Waals surface area contributed by atoms with Crippen molar-refractivity contribution >= 4 is 5.69 Å². The highest BCUT2D eigenvalue weighted by Gasteiger charge is 2.25. The molecule has 96 valence electrons. The molecule has 1 rings (SSSR count). The van der Waals surface area contributed by atoms with Crippen molar-refractivity contribution in [1.82, 2.24) is 0 Å². The molecule has 17 heavy (non-hydrogen) atoms. The third-order valence-electron chi connectivity index (χ3n) is 2.43. The van der Waals surface area contributed by atoms with Crippen LogP contribution >= 0.6 is 0 Å². The van der Waals surface area contributed by atoms with E-state index in [4.69, 9.17) is 15.2 Å². The number of rotatable bonds is 6. The molecule has 0 atom stereocenters. The first-order chi connectivity index (χ1) is 7.98. The highest BCUT2D eigenvalue weighted by atomic mass is 19.3. The lowest BCUT2D eigenvalue weighted by Crippen LogP contribution is -2.18. The monoisotopic (exact) mass is 245 g/mol. The van der Waals surface area contributed by atoms with E-state index in [9.17, 15) is 8.78 Å². The van der Waals surface area contributed by atoms with E-state index in [0.717, 1.165) is 0 Å². The number of benzene rings is 1. The minimum absolute atomic E-state index is 0.0688. The van der Waals surface area contributed by atoms with Crippen LogP contribution < -0.4 is 15.2 Å². The number of halogens is 2. The van der Waals surface area contributed by atoms with Gasteiger partial charge in [0.1, 0.15) is 0 Å². The Hall–Kier alpha value is -1.52. The van der Waals surface area contributed by atoms with Crippen molar-refractivity contribution in [1.29, 1.82) is 0 Å². The Balaban J connectivity index is 2.59. The fraction of sp³-hybridized carbons (Fsp3) is 0.500. The lowest BCUT2D eigenvalue weighted by Gasteiger charge is -2.15. The number of alkyl halides is 2. The molecule has 5 heteroatoms. The summed E-state index contributed by atoms with van der Waals surface area (Å²) >= 11 is 0. The predicted molar refractivity (Wildman–Crippen MR) is 62.8 cm³/mol. The quantitative estimate of drug-likeness (QED) is 0.783. The first-order valence-electron chi connectivity index (χ1n) is 5.42. The largest absolute Gasteiger partial charge is 0.493 e. The van der Waals surface area contributed by atoms with Crippen LogP contribution in [0.15, 0.2) is 18.2 Å². The highest BCUT2D eigenvalue weighted by molar-refractivity contribution is 5.51. The first-order valence-corrected chi connectivity index (χ1v) is 5.42. The number of methoxy groups -OCH3 is 1. The van der Waals surface area contributed by atoms with Gasteiger partial charge in [-0.3, -0.25) is 0 Å². The SMILES string of the molecule is CCC(F)(F)CCOc1cc(N)ccc1OC. The maximum atomic E-state index is 13.0. The summed E-state index contributed by atoms with van der Waals surface area (Å²) in [5.74, 6) is -1.81. The van der Waals surface area contributed by atoms with Crippen molar-refractivity contribution in [2.45, 2.75) is 25.7 Å². The Labute approximate surface area is 99.5 Å². The molecule has 0 unspecified atom stereocenters. The summed E-state index contributed by atoms with van der Waals surface area (Å²) in [7, 11) is 1.49. The molecule has 0 saturated heterocycles. The summed E-state index contributed by atoms with van der Waals surface area (Å²) in [6.45, 7) is 1.38. The minimum atomic E-state index is -2.69. The van der Waals surface area contributed by atoms with Crippen LogP contribution in [0, 0.1) is 0 Å². The second-order valence-electron chi connectivity index (χ2n) is 3.72. The van der Waals surface area contributed by atoms with E-state index in [1.807, 2.05) is 0 Å². The number of nitrogen functional groups attached to an aromatic ring is 1. The van der Waals surface area contributed by atoms with Crippen LogP contribution in [-0.4, -0.2) is 19.6 Å². The Bertz CT molecular complexity index is 370. The molecule has 0 bridgehead atoms. The van der Waals surface area contributed by atoms with Gasteiger partial charge in [-0.2, -0.15) is 0 Å². The van der Waals surface area contributed by atoms with Crippen LogP contribution in [0.2, 0.25) is 0 Å². The zero-order valence-corrected chi connectivity index (χ0v) is 10.0. The smallest absolute Gasteiger partial charge is 0.251 e. The first kappa shape index (κ1) is 13.5. The second kappa shape index (κ2) is 5.70. The summed E-state index contributed by atoms with van der Waals surface area (Å²) < 4.78 is 36.3. The molecule has 0 aromatic heterocycles. The molecule has 0 saturated carbocycles. The third-order valence-corrected chi connectivity index (χ3v) is 2.43. The van der Waals surface area contributed by atoms with E-state index in [-0.39, 0.29) is 19.4 Å². The topological polar surface area (TPSA) is 44.5 Å². The lowest BCUT2D eigenvalue weighted by atomic mass is 10.2. The van der Waals surface area contributed by atoms with E-state index >= 15 is 0 Å². The zero-order valence-electron chi connectivity index (χ0n) is 10.0. The van der Waals surface area contributed by atoms with Gasteiger partial charge in [-0.25, -0.2) is 8.78 Å². The fourth-order valence-corrected chi connectivity index (χ4v) is 1.29. The van der Waals surface area contributed by atoms with Gasteiger partial charge in [-0.1, -0.05) is 6.92 Å². The van der Waals surface area contributed by atoms with E-state index in [1.54, 1.807) is 18.2 Å². The standard InChI is InChI=1S/C12H17F2NO2/c1-3-12(13,14)6-7-17-11-8-9(15)4-5-10(11)16-2/h4-5,8H,3,6-7,15H2,1-2H3. The average molecular weight is 245 g/mol. The van der Waals surface area contributed by atoms with E-state index in [2.05, 4.69) is 0 Å². The Kier molecular flexibility index (Phi) is 4.54. The van der Waals surface area contributed by atoms with Crippen molar-refractivity contribution in [3.05, 3.63) is 18.2 Å². The number of nitrogens with two attached hydrogens (primary N) is 1. The molecular formula is C12H17F2NO2. The average Bonchev–Trinajstić information content (AvgIpc) is 2.29. The van der Waals surface area contributed by atoms with E-state index < -0.39 is 5.92 Å². The molecule has 0 fully saturated rings. The van der Waals surface area contributed by atoms with Crippen LogP contribution in [0.4, 0.5) is 14.5 Å². The number of hydrogen-bond donors (Lipinski definition) is 1. The summed E-state index contributed by atoms with van der Waals surface area (Å²) in [5.41, 5.74) is 6.09. The molecule has 0 heterocycles. The van der Waals surface area contributed by atoms with Crippen molar-refractivity contribution < 1.29 is 18.3 Å². The molecule has 0 spiro atoms. The van der Waals surface area contributed by atoms with E-state index in [0.29, 0.717) is 17.2 Å². The van der Waals surface area contributed by atoms with Crippen molar-refractivity contribution in [3.8, 4) is 11.5 Å². The van der Waals surface area contributed by atoms with Crippen LogP contribution in [0.25, 0.3) is 0 Å². The minimum Gasteiger partial charge on any atom is -0.493 e. The summed E-state index contributed by atoms with van der Waals surface area (Å²) in [4.78, 5) is 0. The second-order valence-corrected chi connectivity index (χ2v) is 3.72. The van der Waals surface area contributed by atoms with Gasteiger partial charge in [-0.05, 0) is 12.1 Å². The third kappa shape index (κ3) is 4.09. The lowest BCUT2D eigenvalue weighted by molar-refractivity contribution is -0.0220. The molecule has 3 nitrogen and oxygen atoms in total.